The minimum absolute atomic E-state index is 0.0181. The number of nitrogens with zero attached hydrogens (tertiary/aromatic N) is 4. The molecule has 0 unspecified atom stereocenters. The second-order valence-electron chi connectivity index (χ2n) is 7.97. The normalized spacial score (nSPS) is 16.6. The van der Waals surface area contributed by atoms with Gasteiger partial charge in [-0.15, -0.1) is 5.10 Å². The van der Waals surface area contributed by atoms with Gasteiger partial charge in [0.05, 0.1) is 10.6 Å². The molecule has 0 saturated heterocycles. The van der Waals surface area contributed by atoms with Gasteiger partial charge in [-0.2, -0.15) is 9.67 Å². The Morgan fingerprint density at radius 2 is 1.80 bits per heavy atom. The first-order chi connectivity index (χ1) is 16.7. The van der Waals surface area contributed by atoms with Crippen LogP contribution in [0, 0.1) is 0 Å². The summed E-state index contributed by atoms with van der Waals surface area (Å²) in [5, 5.41) is 6.72. The molecule has 12 nitrogen and oxygen atoms in total. The van der Waals surface area contributed by atoms with Gasteiger partial charge in [0.25, 0.3) is 26.0 Å². The molecule has 1 amide bonds. The van der Waals surface area contributed by atoms with Gasteiger partial charge >= 0.3 is 0 Å². The predicted molar refractivity (Wildman–Crippen MR) is 128 cm³/mol. The highest BCUT2D eigenvalue weighted by atomic mass is 32.2. The van der Waals surface area contributed by atoms with Gasteiger partial charge in [0.15, 0.2) is 0 Å². The maximum atomic E-state index is 12.7. The predicted octanol–water partition coefficient (Wildman–Crippen LogP) is 1.88. The molecule has 3 N–H and O–H groups in total. The number of carbonyl (C=O) groups excluding carboxylic acids is 1. The second-order valence-corrected chi connectivity index (χ2v) is 11.3. The summed E-state index contributed by atoms with van der Waals surface area (Å²) < 4.78 is 56.2. The number of amides is 1. The lowest BCUT2D eigenvalue weighted by Gasteiger charge is -2.17. The van der Waals surface area contributed by atoms with Crippen LogP contribution < -0.4 is 14.8 Å². The van der Waals surface area contributed by atoms with Crippen molar-refractivity contribution in [2.45, 2.75) is 35.5 Å². The summed E-state index contributed by atoms with van der Waals surface area (Å²) in [5.41, 5.74) is 0.586. The van der Waals surface area contributed by atoms with E-state index >= 15 is 0 Å². The smallest absolute Gasteiger partial charge is 0.295 e. The van der Waals surface area contributed by atoms with Crippen LogP contribution in [0.3, 0.4) is 0 Å². The number of amidine groups is 1. The summed E-state index contributed by atoms with van der Waals surface area (Å²) in [5.74, 6) is -0.607. The number of rotatable bonds is 4. The number of benzene rings is 2. The van der Waals surface area contributed by atoms with E-state index in [0.717, 1.165) is 19.3 Å². The van der Waals surface area contributed by atoms with Crippen molar-refractivity contribution in [1.29, 1.82) is 0 Å². The van der Waals surface area contributed by atoms with Crippen molar-refractivity contribution in [3.8, 4) is 5.69 Å². The van der Waals surface area contributed by atoms with Gasteiger partial charge in [-0.05, 0) is 49.2 Å². The monoisotopic (exact) mass is 515 g/mol. The van der Waals surface area contributed by atoms with E-state index in [9.17, 15) is 21.6 Å². The number of hydrogen-bond acceptors (Lipinski definition) is 8. The lowest BCUT2D eigenvalue weighted by atomic mass is 10.2. The molecule has 0 spiro atoms. The number of aliphatic imine (C=N–C) groups is 1. The van der Waals surface area contributed by atoms with Gasteiger partial charge in [-0.3, -0.25) is 14.5 Å². The van der Waals surface area contributed by atoms with Crippen molar-refractivity contribution in [3.05, 3.63) is 54.4 Å². The highest BCUT2D eigenvalue weighted by molar-refractivity contribution is 7.93. The highest BCUT2D eigenvalue weighted by Gasteiger charge is 2.31. The Balaban J connectivity index is 1.32. The largest absolute Gasteiger partial charge is 0.319 e. The average Bonchev–Trinajstić information content (AvgIpc) is 3.08. The second kappa shape index (κ2) is 8.78. The number of para-hydroxylation sites is 1. The van der Waals surface area contributed by atoms with Gasteiger partial charge < -0.3 is 5.32 Å². The molecule has 0 bridgehead atoms. The molecule has 2 aliphatic rings. The van der Waals surface area contributed by atoms with Gasteiger partial charge in [0, 0.05) is 18.7 Å². The SMILES string of the molecule is O=C(Nc1ccc(S(=O)(=O)NC2=NCCCCC2)cc1)c1nc2n(n1)-c1ccccc1S(=O)(=O)N2. The zero-order valence-electron chi connectivity index (χ0n) is 18.3. The van der Waals surface area contributed by atoms with E-state index in [-0.39, 0.29) is 27.3 Å². The van der Waals surface area contributed by atoms with E-state index in [1.807, 2.05) is 0 Å². The van der Waals surface area contributed by atoms with E-state index < -0.39 is 26.0 Å². The molecule has 0 radical (unpaired) electrons. The van der Waals surface area contributed by atoms with Crippen LogP contribution in [0.2, 0.25) is 0 Å². The van der Waals surface area contributed by atoms with Crippen molar-refractivity contribution in [1.82, 2.24) is 19.5 Å². The molecule has 182 valence electrons. The molecule has 0 saturated carbocycles. The van der Waals surface area contributed by atoms with Crippen LogP contribution in [0.15, 0.2) is 63.3 Å². The van der Waals surface area contributed by atoms with Crippen molar-refractivity contribution >= 4 is 43.4 Å². The Morgan fingerprint density at radius 3 is 2.60 bits per heavy atom. The van der Waals surface area contributed by atoms with Crippen molar-refractivity contribution in [3.63, 3.8) is 0 Å². The fourth-order valence-corrected chi connectivity index (χ4v) is 6.01. The Labute approximate surface area is 201 Å². The Bertz CT molecular complexity index is 1540. The number of carbonyl (C=O) groups is 1. The summed E-state index contributed by atoms with van der Waals surface area (Å²) in [7, 11) is -7.64. The van der Waals surface area contributed by atoms with Gasteiger partial charge in [0.2, 0.25) is 11.8 Å². The Hall–Kier alpha value is -3.78. The molecule has 2 aliphatic heterocycles. The van der Waals surface area contributed by atoms with E-state index in [0.29, 0.717) is 24.5 Å². The van der Waals surface area contributed by atoms with Gasteiger partial charge in [-0.25, -0.2) is 21.6 Å². The number of nitrogens with one attached hydrogen (secondary N) is 3. The van der Waals surface area contributed by atoms with Crippen molar-refractivity contribution < 1.29 is 21.6 Å². The van der Waals surface area contributed by atoms with Gasteiger partial charge in [0.1, 0.15) is 10.7 Å². The number of sulfonamides is 2. The number of aromatic nitrogens is 3. The van der Waals surface area contributed by atoms with Crippen LogP contribution in [0.1, 0.15) is 36.3 Å². The third-order valence-corrected chi connectivity index (χ3v) is 8.24. The van der Waals surface area contributed by atoms with Crippen LogP contribution in [0.5, 0.6) is 0 Å². The minimum atomic E-state index is -3.83. The molecule has 0 fully saturated rings. The molecule has 14 heteroatoms. The molecule has 3 aromatic rings. The summed E-state index contributed by atoms with van der Waals surface area (Å²) in [6, 6.07) is 11.8. The maximum absolute atomic E-state index is 12.7. The fraction of sp³-hybridized carbons (Fsp3) is 0.238. The standard InChI is InChI=1S/C21H21N7O5S2/c29-20(19-24-21-27-35(32,33)17-7-4-3-6-16(17)28(21)25-19)23-14-9-11-15(12-10-14)34(30,31)26-18-8-2-1-5-13-22-18/h3-4,6-7,9-12H,1-2,5,8,13H2,(H,22,26)(H,23,29)(H,24,25,27). The molecule has 2 aromatic carbocycles. The zero-order chi connectivity index (χ0) is 24.6. The fourth-order valence-electron chi connectivity index (χ4n) is 3.75. The third kappa shape index (κ3) is 4.61. The van der Waals surface area contributed by atoms with Crippen LogP contribution in [0.4, 0.5) is 11.6 Å². The van der Waals surface area contributed by atoms with Crippen LogP contribution in [-0.4, -0.2) is 49.9 Å². The van der Waals surface area contributed by atoms with Crippen molar-refractivity contribution in [2.75, 3.05) is 16.6 Å². The zero-order valence-corrected chi connectivity index (χ0v) is 19.9. The third-order valence-electron chi connectivity index (χ3n) is 5.47. The lowest BCUT2D eigenvalue weighted by molar-refractivity contribution is 0.101. The Morgan fingerprint density at radius 1 is 1.03 bits per heavy atom. The van der Waals surface area contributed by atoms with E-state index in [1.54, 1.807) is 18.2 Å². The Kier molecular flexibility index (Phi) is 5.76. The summed E-state index contributed by atoms with van der Waals surface area (Å²) in [6.07, 6.45) is 3.41. The average molecular weight is 516 g/mol. The highest BCUT2D eigenvalue weighted by Crippen LogP contribution is 2.29. The van der Waals surface area contributed by atoms with Crippen LogP contribution in [0.25, 0.3) is 5.69 Å². The maximum Gasteiger partial charge on any atom is 0.295 e. The first-order valence-electron chi connectivity index (χ1n) is 10.8. The minimum Gasteiger partial charge on any atom is -0.319 e. The summed E-state index contributed by atoms with van der Waals surface area (Å²) in [6.45, 7) is 0.599. The molecule has 0 aliphatic carbocycles. The molecule has 1 aromatic heterocycles. The number of fused-ring (bicyclic) bond motifs is 3. The van der Waals surface area contributed by atoms with E-state index in [2.05, 4.69) is 29.8 Å². The number of hydrogen-bond donors (Lipinski definition) is 3. The summed E-state index contributed by atoms with van der Waals surface area (Å²) >= 11 is 0. The molecule has 0 atom stereocenters. The molecule has 35 heavy (non-hydrogen) atoms. The summed E-state index contributed by atoms with van der Waals surface area (Å²) in [4.78, 5) is 21.0. The molecular weight excluding hydrogens is 494 g/mol. The first kappa shape index (κ1) is 23.0. The molecule has 5 rings (SSSR count). The lowest BCUT2D eigenvalue weighted by Crippen LogP contribution is -2.30. The van der Waals surface area contributed by atoms with Crippen LogP contribution >= 0.6 is 0 Å². The molecular formula is C21H21N7O5S2. The number of anilines is 2. The van der Waals surface area contributed by atoms with E-state index in [4.69, 9.17) is 0 Å². The van der Waals surface area contributed by atoms with Gasteiger partial charge in [-0.1, -0.05) is 18.6 Å². The first-order valence-corrected chi connectivity index (χ1v) is 13.8. The van der Waals surface area contributed by atoms with E-state index in [1.165, 1.54) is 35.0 Å². The quantitative estimate of drug-likeness (QED) is 0.477. The topological polar surface area (TPSA) is 165 Å². The van der Waals surface area contributed by atoms with Crippen molar-refractivity contribution in [2.24, 2.45) is 4.99 Å². The van der Waals surface area contributed by atoms with Crippen LogP contribution in [-0.2, 0) is 20.0 Å². The molecule has 3 heterocycles.